The molecule has 1 aliphatic carbocycles. The molecule has 256 valence electrons. The Morgan fingerprint density at radius 2 is 1.56 bits per heavy atom. The number of carbonyl (C=O) groups is 3. The number of hydrogen-bond donors (Lipinski definition) is 3. The van der Waals surface area contributed by atoms with Crippen LogP contribution in [0.25, 0.3) is 0 Å². The molecule has 1 saturated carbocycles. The first kappa shape index (κ1) is 34.8. The number of ether oxygens (including phenoxy) is 2. The summed E-state index contributed by atoms with van der Waals surface area (Å²) in [4.78, 5) is 42.6. The number of rotatable bonds is 15. The van der Waals surface area contributed by atoms with Crippen LogP contribution in [-0.4, -0.2) is 78.2 Å². The van der Waals surface area contributed by atoms with E-state index in [9.17, 15) is 19.5 Å². The molecule has 0 bridgehead atoms. The van der Waals surface area contributed by atoms with E-state index in [-0.39, 0.29) is 43.2 Å². The number of phenolic OH excluding ortho intramolecular Hbond substituents is 1. The Labute approximate surface area is 283 Å². The molecule has 1 heterocycles. The number of hydrogen-bond acceptors (Lipinski definition) is 7. The maximum atomic E-state index is 13.9. The second kappa shape index (κ2) is 18.1. The van der Waals surface area contributed by atoms with Crippen molar-refractivity contribution in [1.29, 1.82) is 0 Å². The standard InChI is InChI=1S/C38H48N4O6/c43-33-18-17-31(37-36(33)40-34(44)28-47-37)19-22-39-23-26-42(32-15-9-1-2-10-16-32)35(45)21-25-41(24-20-29-11-5-3-6-12-29)38(46)48-27-30-13-7-4-8-14-30/h3-8,11-14,17-18,32,39,43H,1-2,9-10,15-16,19-28H2,(H,40,44). The number of nitrogens with one attached hydrogen (secondary N) is 2. The summed E-state index contributed by atoms with van der Waals surface area (Å²) in [6.45, 7) is 2.69. The van der Waals surface area contributed by atoms with Crippen LogP contribution in [0.15, 0.2) is 72.8 Å². The highest BCUT2D eigenvalue weighted by atomic mass is 16.6. The smallest absolute Gasteiger partial charge is 0.410 e. The highest BCUT2D eigenvalue weighted by molar-refractivity contribution is 5.97. The lowest BCUT2D eigenvalue weighted by Crippen LogP contribution is -2.45. The predicted molar refractivity (Wildman–Crippen MR) is 185 cm³/mol. The van der Waals surface area contributed by atoms with Gasteiger partial charge in [0.25, 0.3) is 5.91 Å². The maximum Gasteiger partial charge on any atom is 0.410 e. The fourth-order valence-corrected chi connectivity index (χ4v) is 6.43. The van der Waals surface area contributed by atoms with Crippen LogP contribution in [0.3, 0.4) is 0 Å². The van der Waals surface area contributed by atoms with E-state index in [1.165, 1.54) is 12.8 Å². The van der Waals surface area contributed by atoms with Gasteiger partial charge in [-0.3, -0.25) is 9.59 Å². The first-order chi connectivity index (χ1) is 23.5. The van der Waals surface area contributed by atoms with Gasteiger partial charge < -0.3 is 35.0 Å². The van der Waals surface area contributed by atoms with E-state index >= 15 is 0 Å². The fraction of sp³-hybridized carbons (Fsp3) is 0.447. The van der Waals surface area contributed by atoms with Crippen molar-refractivity contribution < 1.29 is 29.0 Å². The van der Waals surface area contributed by atoms with E-state index in [1.807, 2.05) is 71.6 Å². The van der Waals surface area contributed by atoms with Gasteiger partial charge in [-0.25, -0.2) is 4.79 Å². The molecule has 3 aromatic carbocycles. The van der Waals surface area contributed by atoms with E-state index in [2.05, 4.69) is 10.6 Å². The molecule has 3 N–H and O–H groups in total. The molecule has 2 aliphatic rings. The van der Waals surface area contributed by atoms with Crippen molar-refractivity contribution in [2.45, 2.75) is 70.4 Å². The van der Waals surface area contributed by atoms with Gasteiger partial charge in [0.05, 0.1) is 0 Å². The topological polar surface area (TPSA) is 120 Å². The van der Waals surface area contributed by atoms with Crippen LogP contribution < -0.4 is 15.4 Å². The third-order valence-electron chi connectivity index (χ3n) is 9.09. The molecule has 0 aromatic heterocycles. The lowest BCUT2D eigenvalue weighted by atomic mass is 10.1. The molecule has 48 heavy (non-hydrogen) atoms. The molecule has 10 nitrogen and oxygen atoms in total. The Hall–Kier alpha value is -4.57. The summed E-state index contributed by atoms with van der Waals surface area (Å²) in [7, 11) is 0. The number of nitrogens with zero attached hydrogens (tertiary/aromatic N) is 2. The Morgan fingerprint density at radius 1 is 0.854 bits per heavy atom. The van der Waals surface area contributed by atoms with Crippen LogP contribution in [0.2, 0.25) is 0 Å². The number of carbonyl (C=O) groups excluding carboxylic acids is 3. The van der Waals surface area contributed by atoms with Crippen LogP contribution in [0.5, 0.6) is 11.5 Å². The highest BCUT2D eigenvalue weighted by Gasteiger charge is 2.26. The molecule has 0 spiro atoms. The van der Waals surface area contributed by atoms with E-state index in [0.29, 0.717) is 57.0 Å². The molecule has 0 saturated heterocycles. The average Bonchev–Trinajstić information content (AvgIpc) is 3.40. The Bertz CT molecular complexity index is 1480. The summed E-state index contributed by atoms with van der Waals surface area (Å²) >= 11 is 0. The van der Waals surface area contributed by atoms with Crippen LogP contribution in [0.1, 0.15) is 61.6 Å². The fourth-order valence-electron chi connectivity index (χ4n) is 6.43. The van der Waals surface area contributed by atoms with Gasteiger partial charge in [-0.15, -0.1) is 0 Å². The monoisotopic (exact) mass is 656 g/mol. The van der Waals surface area contributed by atoms with Crippen molar-refractivity contribution in [3.63, 3.8) is 0 Å². The summed E-state index contributed by atoms with van der Waals surface area (Å²) in [5.41, 5.74) is 3.25. The molecule has 3 aromatic rings. The first-order valence-electron chi connectivity index (χ1n) is 17.2. The zero-order valence-electron chi connectivity index (χ0n) is 27.7. The van der Waals surface area contributed by atoms with E-state index < -0.39 is 6.09 Å². The van der Waals surface area contributed by atoms with Gasteiger partial charge in [-0.1, -0.05) is 92.4 Å². The molecule has 3 amide bonds. The zero-order chi connectivity index (χ0) is 33.6. The molecule has 5 rings (SSSR count). The van der Waals surface area contributed by atoms with E-state index in [0.717, 1.165) is 42.4 Å². The molecule has 0 atom stereocenters. The Balaban J connectivity index is 1.17. The largest absolute Gasteiger partial charge is 0.506 e. The van der Waals surface area contributed by atoms with Gasteiger partial charge in [0.15, 0.2) is 12.4 Å². The molecule has 0 radical (unpaired) electrons. The molecular formula is C38H48N4O6. The number of anilines is 1. The van der Waals surface area contributed by atoms with Gasteiger partial charge in [-0.2, -0.15) is 0 Å². The first-order valence-corrected chi connectivity index (χ1v) is 17.2. The van der Waals surface area contributed by atoms with Crippen molar-refractivity contribution in [2.75, 3.05) is 44.6 Å². The lowest BCUT2D eigenvalue weighted by Gasteiger charge is -2.32. The van der Waals surface area contributed by atoms with Crippen molar-refractivity contribution in [3.05, 3.63) is 89.5 Å². The van der Waals surface area contributed by atoms with Crippen LogP contribution in [-0.2, 0) is 33.8 Å². The predicted octanol–water partition coefficient (Wildman–Crippen LogP) is 5.68. The number of benzene rings is 3. The number of amides is 3. The average molecular weight is 657 g/mol. The van der Waals surface area contributed by atoms with Crippen molar-refractivity contribution in [3.8, 4) is 11.5 Å². The lowest BCUT2D eigenvalue weighted by molar-refractivity contribution is -0.134. The quantitative estimate of drug-likeness (QED) is 0.109. The van der Waals surface area contributed by atoms with E-state index in [1.54, 1.807) is 11.0 Å². The minimum absolute atomic E-state index is 0.0181. The van der Waals surface area contributed by atoms with Crippen LogP contribution in [0.4, 0.5) is 10.5 Å². The summed E-state index contributed by atoms with van der Waals surface area (Å²) in [5, 5.41) is 16.3. The minimum atomic E-state index is -0.412. The second-order valence-electron chi connectivity index (χ2n) is 12.5. The number of aromatic hydroxyl groups is 1. The van der Waals surface area contributed by atoms with Crippen molar-refractivity contribution >= 4 is 23.6 Å². The molecule has 10 heteroatoms. The summed E-state index contributed by atoms with van der Waals surface area (Å²) in [6, 6.07) is 23.2. The molecule has 1 aliphatic heterocycles. The third kappa shape index (κ3) is 10.2. The summed E-state index contributed by atoms with van der Waals surface area (Å²) < 4.78 is 11.3. The Kier molecular flexibility index (Phi) is 13.1. The van der Waals surface area contributed by atoms with Crippen LogP contribution in [0, 0.1) is 0 Å². The number of fused-ring (bicyclic) bond motifs is 1. The normalized spacial score (nSPS) is 14.6. The summed E-state index contributed by atoms with van der Waals surface area (Å²) in [6.07, 6.45) is 7.72. The number of phenols is 1. The van der Waals surface area contributed by atoms with Gasteiger partial charge >= 0.3 is 6.09 Å². The minimum Gasteiger partial charge on any atom is -0.506 e. The van der Waals surface area contributed by atoms with Gasteiger partial charge in [-0.05, 0) is 55.0 Å². The van der Waals surface area contributed by atoms with Crippen molar-refractivity contribution in [1.82, 2.24) is 15.1 Å². The highest BCUT2D eigenvalue weighted by Crippen LogP contribution is 2.39. The molecule has 0 unspecified atom stereocenters. The van der Waals surface area contributed by atoms with Crippen LogP contribution >= 0.6 is 0 Å². The molecular weight excluding hydrogens is 608 g/mol. The Morgan fingerprint density at radius 3 is 2.29 bits per heavy atom. The van der Waals surface area contributed by atoms with Gasteiger partial charge in [0, 0.05) is 38.6 Å². The second-order valence-corrected chi connectivity index (χ2v) is 12.5. The maximum absolute atomic E-state index is 13.9. The van der Waals surface area contributed by atoms with Crippen molar-refractivity contribution in [2.24, 2.45) is 0 Å². The van der Waals surface area contributed by atoms with Gasteiger partial charge in [0.1, 0.15) is 18.0 Å². The summed E-state index contributed by atoms with van der Waals surface area (Å²) in [5.74, 6) is 0.252. The third-order valence-corrected chi connectivity index (χ3v) is 9.09. The van der Waals surface area contributed by atoms with E-state index in [4.69, 9.17) is 9.47 Å². The van der Waals surface area contributed by atoms with Gasteiger partial charge in [0.2, 0.25) is 5.91 Å². The molecule has 1 fully saturated rings. The zero-order valence-corrected chi connectivity index (χ0v) is 27.7. The SMILES string of the molecule is O=C1COc2c(CCNCCN(C(=O)CCN(CCc3ccccc3)C(=O)OCc3ccccc3)C3CCCCCC3)ccc(O)c2N1.